The van der Waals surface area contributed by atoms with Gasteiger partial charge in [-0.2, -0.15) is 0 Å². The monoisotopic (exact) mass is 1150 g/mol. The van der Waals surface area contributed by atoms with E-state index in [9.17, 15) is 0 Å². The molecule has 0 bridgehead atoms. The standard InChI is InChI=1S/C85H70N4/c1-81(2)65-33-13-21-41-73(65)86(74-42-22-14-34-66(74)81)57-49-55(50-58(53-57)87-75-43-23-15-35-67(75)82(3,4)68-36-16-24-44-76(68)87)85(63-31-11-9-29-61(63)62-30-10-12-32-64(62)85)56-51-59(88-77-45-25-17-37-69(77)83(5,6)70-38-18-26-46-78(70)88)54-60(52-56)89-79-47-27-19-39-71(79)84(7,8)72-40-20-28-48-80(72)89/h9-54H,1-8H3. The van der Waals surface area contributed by atoms with Crippen molar-refractivity contribution in [1.29, 1.82) is 0 Å². The molecule has 0 radical (unpaired) electrons. The van der Waals surface area contributed by atoms with Crippen LogP contribution in [0.2, 0.25) is 0 Å². The molecule has 89 heavy (non-hydrogen) atoms. The Morgan fingerprint density at radius 1 is 0.191 bits per heavy atom. The van der Waals surface area contributed by atoms with Crippen molar-refractivity contribution < 1.29 is 0 Å². The predicted octanol–water partition coefficient (Wildman–Crippen LogP) is 22.5. The molecule has 5 aliphatic rings. The quantitative estimate of drug-likeness (QED) is 0.164. The fourth-order valence-corrected chi connectivity index (χ4v) is 17.0. The second kappa shape index (κ2) is 18.9. The lowest BCUT2D eigenvalue weighted by Gasteiger charge is -2.45. The fourth-order valence-electron chi connectivity index (χ4n) is 17.0. The highest BCUT2D eigenvalue weighted by atomic mass is 15.2. The topological polar surface area (TPSA) is 13.0 Å². The van der Waals surface area contributed by atoms with E-state index in [0.29, 0.717) is 0 Å². The van der Waals surface area contributed by atoms with Gasteiger partial charge in [-0.15, -0.1) is 0 Å². The lowest BCUT2D eigenvalue weighted by molar-refractivity contribution is 0.631. The lowest BCUT2D eigenvalue weighted by Crippen LogP contribution is -2.34. The van der Waals surface area contributed by atoms with Crippen LogP contribution in [-0.2, 0) is 27.1 Å². The minimum Gasteiger partial charge on any atom is -0.310 e. The van der Waals surface area contributed by atoms with E-state index >= 15 is 0 Å². The van der Waals surface area contributed by atoms with E-state index in [0.717, 1.165) is 22.7 Å². The van der Waals surface area contributed by atoms with E-state index in [4.69, 9.17) is 0 Å². The van der Waals surface area contributed by atoms with Crippen molar-refractivity contribution in [2.24, 2.45) is 0 Å². The Morgan fingerprint density at radius 2 is 0.360 bits per heavy atom. The van der Waals surface area contributed by atoms with Crippen LogP contribution < -0.4 is 19.6 Å². The third kappa shape index (κ3) is 7.29. The van der Waals surface area contributed by atoms with Crippen LogP contribution in [0.1, 0.15) is 122 Å². The van der Waals surface area contributed by atoms with Crippen LogP contribution in [-0.4, -0.2) is 0 Å². The van der Waals surface area contributed by atoms with Crippen molar-refractivity contribution in [3.05, 3.63) is 346 Å². The minimum atomic E-state index is -0.910. The second-order valence-corrected chi connectivity index (χ2v) is 27.3. The second-order valence-electron chi connectivity index (χ2n) is 27.3. The summed E-state index contributed by atoms with van der Waals surface area (Å²) < 4.78 is 0. The smallest absolute Gasteiger partial charge is 0.0716 e. The summed E-state index contributed by atoms with van der Waals surface area (Å²) in [5.74, 6) is 0. The average Bonchev–Trinajstić information content (AvgIpc) is 1.66. The molecule has 0 N–H and O–H groups in total. The Bertz CT molecular complexity index is 4160. The summed E-state index contributed by atoms with van der Waals surface area (Å²) in [6, 6.07) is 107. The molecule has 0 saturated heterocycles. The molecular formula is C85H70N4. The summed E-state index contributed by atoms with van der Waals surface area (Å²) in [6.45, 7) is 19.1. The molecule has 0 fully saturated rings. The van der Waals surface area contributed by atoms with Gasteiger partial charge >= 0.3 is 0 Å². The Balaban J connectivity index is 1.04. The molecule has 4 heterocycles. The van der Waals surface area contributed by atoms with Crippen molar-refractivity contribution in [1.82, 2.24) is 0 Å². The first-order valence-electron chi connectivity index (χ1n) is 31.7. The van der Waals surface area contributed by atoms with Gasteiger partial charge in [0.1, 0.15) is 0 Å². The molecule has 0 amide bonds. The van der Waals surface area contributed by atoms with Gasteiger partial charge in [-0.3, -0.25) is 0 Å². The molecule has 0 aromatic heterocycles. The molecule has 430 valence electrons. The number of benzene rings is 12. The minimum absolute atomic E-state index is 0.260. The van der Waals surface area contributed by atoms with Crippen LogP contribution in [0.5, 0.6) is 0 Å². The molecule has 17 rings (SSSR count). The number of para-hydroxylation sites is 8. The molecule has 12 aromatic rings. The van der Waals surface area contributed by atoms with Gasteiger partial charge in [-0.25, -0.2) is 0 Å². The molecule has 0 unspecified atom stereocenters. The van der Waals surface area contributed by atoms with Crippen LogP contribution in [0.25, 0.3) is 11.1 Å². The van der Waals surface area contributed by atoms with Gasteiger partial charge in [0.25, 0.3) is 0 Å². The molecule has 0 spiro atoms. The summed E-state index contributed by atoms with van der Waals surface area (Å²) in [7, 11) is 0. The largest absolute Gasteiger partial charge is 0.310 e. The Labute approximate surface area is 524 Å². The Morgan fingerprint density at radius 3 is 0.562 bits per heavy atom. The van der Waals surface area contributed by atoms with Gasteiger partial charge in [0, 0.05) is 44.4 Å². The highest BCUT2D eigenvalue weighted by Gasteiger charge is 2.50. The van der Waals surface area contributed by atoms with E-state index in [1.165, 1.54) is 123 Å². The van der Waals surface area contributed by atoms with Crippen LogP contribution in [0, 0.1) is 0 Å². The lowest BCUT2D eigenvalue weighted by atomic mass is 9.66. The van der Waals surface area contributed by atoms with Gasteiger partial charge in [-0.05, 0) is 163 Å². The van der Waals surface area contributed by atoms with Gasteiger partial charge in [0.15, 0.2) is 0 Å². The number of rotatable bonds is 6. The van der Waals surface area contributed by atoms with Gasteiger partial charge in [-0.1, -0.05) is 250 Å². The van der Waals surface area contributed by atoms with Crippen molar-refractivity contribution in [2.45, 2.75) is 82.5 Å². The number of hydrogen-bond donors (Lipinski definition) is 0. The number of nitrogens with zero attached hydrogens (tertiary/aromatic N) is 4. The molecule has 0 atom stereocenters. The van der Waals surface area contributed by atoms with Crippen molar-refractivity contribution in [3.8, 4) is 11.1 Å². The molecule has 4 heteroatoms. The zero-order chi connectivity index (χ0) is 60.3. The summed E-state index contributed by atoms with van der Waals surface area (Å²) in [4.78, 5) is 10.3. The molecule has 12 aromatic carbocycles. The van der Waals surface area contributed by atoms with E-state index in [1.807, 2.05) is 0 Å². The van der Waals surface area contributed by atoms with Gasteiger partial charge in [0.05, 0.1) is 50.9 Å². The zero-order valence-corrected chi connectivity index (χ0v) is 51.8. The van der Waals surface area contributed by atoms with Crippen molar-refractivity contribution in [2.75, 3.05) is 19.6 Å². The predicted molar refractivity (Wildman–Crippen MR) is 371 cm³/mol. The maximum Gasteiger partial charge on any atom is 0.0716 e. The molecular weight excluding hydrogens is 1080 g/mol. The Kier molecular flexibility index (Phi) is 11.3. The first kappa shape index (κ1) is 53.1. The maximum atomic E-state index is 2.57. The van der Waals surface area contributed by atoms with Crippen LogP contribution in [0.3, 0.4) is 0 Å². The van der Waals surface area contributed by atoms with E-state index in [-0.39, 0.29) is 21.7 Å². The van der Waals surface area contributed by atoms with Crippen LogP contribution in [0.15, 0.2) is 279 Å². The zero-order valence-electron chi connectivity index (χ0n) is 51.8. The summed E-state index contributed by atoms with van der Waals surface area (Å²) >= 11 is 0. The number of anilines is 12. The van der Waals surface area contributed by atoms with E-state index in [1.54, 1.807) is 0 Å². The summed E-state index contributed by atoms with van der Waals surface area (Å²) in [5.41, 5.74) is 29.5. The normalized spacial score (nSPS) is 16.7. The number of fused-ring (bicyclic) bond motifs is 11. The highest BCUT2D eigenvalue weighted by molar-refractivity contribution is 5.97. The van der Waals surface area contributed by atoms with Crippen molar-refractivity contribution >= 4 is 68.2 Å². The fraction of sp³-hybridized carbons (Fsp3) is 0.153. The molecule has 4 aliphatic heterocycles. The van der Waals surface area contributed by atoms with E-state index in [2.05, 4.69) is 354 Å². The first-order chi connectivity index (χ1) is 43.2. The van der Waals surface area contributed by atoms with Gasteiger partial charge < -0.3 is 19.6 Å². The Hall–Kier alpha value is -10.2. The third-order valence-electron chi connectivity index (χ3n) is 21.2. The van der Waals surface area contributed by atoms with Crippen molar-refractivity contribution in [3.63, 3.8) is 0 Å². The van der Waals surface area contributed by atoms with Crippen LogP contribution >= 0.6 is 0 Å². The SMILES string of the molecule is CC1(C)c2ccccc2N(c2cc(N3c4ccccc4C(C)(C)c4ccccc43)cc(C3(c4cc(N5c6ccccc6C(C)(C)c6ccccc65)cc(N5c6ccccc6C(C)(C)c6ccccc65)c4)c4ccccc4-c4ccccc43)c2)c2ccccc21. The van der Waals surface area contributed by atoms with Gasteiger partial charge in [0.2, 0.25) is 0 Å². The maximum absolute atomic E-state index is 2.57. The van der Waals surface area contributed by atoms with Crippen LogP contribution in [0.4, 0.5) is 68.2 Å². The first-order valence-corrected chi connectivity index (χ1v) is 31.7. The van der Waals surface area contributed by atoms with E-state index < -0.39 is 5.41 Å². The number of hydrogen-bond acceptors (Lipinski definition) is 4. The summed E-state index contributed by atoms with van der Waals surface area (Å²) in [5, 5.41) is 0. The molecule has 4 nitrogen and oxygen atoms in total. The highest BCUT2D eigenvalue weighted by Crippen LogP contribution is 2.63. The molecule has 0 saturated carbocycles. The third-order valence-corrected chi connectivity index (χ3v) is 21.2. The average molecular weight is 1150 g/mol. The summed E-state index contributed by atoms with van der Waals surface area (Å²) in [6.07, 6.45) is 0. The molecule has 1 aliphatic carbocycles.